The monoisotopic (exact) mass is 396 g/mol. The number of hydrogen-bond acceptors (Lipinski definition) is 5. The van der Waals surface area contributed by atoms with Gasteiger partial charge in [0, 0.05) is 26.2 Å². The predicted octanol–water partition coefficient (Wildman–Crippen LogP) is 3.13. The Kier molecular flexibility index (Phi) is 8.81. The molecular weight excluding hydrogens is 371 g/mol. The van der Waals surface area contributed by atoms with Crippen LogP contribution in [0.15, 0.2) is 36.4 Å². The molecule has 0 bridgehead atoms. The first-order valence-electron chi connectivity index (χ1n) is 8.82. The average Bonchev–Trinajstić information content (AvgIpc) is 2.64. The Bertz CT molecular complexity index is 711. The van der Waals surface area contributed by atoms with Gasteiger partial charge in [-0.15, -0.1) is 0 Å². The fourth-order valence-corrected chi connectivity index (χ4v) is 2.76. The molecular formula is C20H26ClFN2O3. The van der Waals surface area contributed by atoms with Gasteiger partial charge < -0.3 is 25.2 Å². The van der Waals surface area contributed by atoms with E-state index in [1.54, 1.807) is 26.2 Å². The fourth-order valence-electron chi connectivity index (χ4n) is 2.47. The molecule has 5 nitrogen and oxygen atoms in total. The number of ether oxygens (including phenoxy) is 2. The second-order valence-electron chi connectivity index (χ2n) is 6.25. The molecule has 0 saturated heterocycles. The van der Waals surface area contributed by atoms with Crippen molar-refractivity contribution in [3.63, 3.8) is 0 Å². The third-order valence-electron chi connectivity index (χ3n) is 3.83. The van der Waals surface area contributed by atoms with Crippen LogP contribution < -0.4 is 20.1 Å². The van der Waals surface area contributed by atoms with Crippen LogP contribution in [0.1, 0.15) is 18.1 Å². The summed E-state index contributed by atoms with van der Waals surface area (Å²) >= 11 is 6.37. The average molecular weight is 397 g/mol. The molecule has 2 rings (SSSR count). The van der Waals surface area contributed by atoms with Crippen LogP contribution in [0.3, 0.4) is 0 Å². The lowest BCUT2D eigenvalue weighted by molar-refractivity contribution is 0.191. The van der Waals surface area contributed by atoms with Crippen LogP contribution in [0, 0.1) is 5.82 Å². The second kappa shape index (κ2) is 11.1. The Morgan fingerprint density at radius 2 is 1.81 bits per heavy atom. The van der Waals surface area contributed by atoms with Gasteiger partial charge in [0.05, 0.1) is 18.2 Å². The van der Waals surface area contributed by atoms with E-state index in [1.807, 2.05) is 12.1 Å². The fraction of sp³-hybridized carbons (Fsp3) is 0.400. The Labute approximate surface area is 164 Å². The quantitative estimate of drug-likeness (QED) is 0.509. The van der Waals surface area contributed by atoms with Crippen LogP contribution in [0.4, 0.5) is 4.39 Å². The van der Waals surface area contributed by atoms with Crippen LogP contribution in [-0.2, 0) is 13.2 Å². The van der Waals surface area contributed by atoms with Crippen molar-refractivity contribution in [1.82, 2.24) is 10.6 Å². The van der Waals surface area contributed by atoms with Gasteiger partial charge in [-0.05, 0) is 42.3 Å². The van der Waals surface area contributed by atoms with Crippen molar-refractivity contribution in [3.8, 4) is 11.5 Å². The normalized spacial score (nSPS) is 12.0. The summed E-state index contributed by atoms with van der Waals surface area (Å²) < 4.78 is 24.2. The van der Waals surface area contributed by atoms with Crippen molar-refractivity contribution in [3.05, 3.63) is 58.4 Å². The van der Waals surface area contributed by atoms with E-state index in [-0.39, 0.29) is 18.5 Å². The Morgan fingerprint density at radius 1 is 1.11 bits per heavy atom. The highest BCUT2D eigenvalue weighted by Crippen LogP contribution is 2.37. The number of rotatable bonds is 11. The Morgan fingerprint density at radius 3 is 2.48 bits per heavy atom. The van der Waals surface area contributed by atoms with Gasteiger partial charge in [0.15, 0.2) is 11.5 Å². The maximum absolute atomic E-state index is 13.0. The van der Waals surface area contributed by atoms with Gasteiger partial charge in [-0.3, -0.25) is 0 Å². The highest BCUT2D eigenvalue weighted by Gasteiger charge is 2.12. The lowest BCUT2D eigenvalue weighted by atomic mass is 10.2. The molecule has 0 aliphatic heterocycles. The molecule has 0 amide bonds. The largest absolute Gasteiger partial charge is 0.493 e. The van der Waals surface area contributed by atoms with Gasteiger partial charge >= 0.3 is 0 Å². The molecule has 148 valence electrons. The highest BCUT2D eigenvalue weighted by molar-refractivity contribution is 6.32. The molecule has 2 aromatic rings. The molecule has 0 aromatic heterocycles. The van der Waals surface area contributed by atoms with E-state index in [4.69, 9.17) is 21.1 Å². The van der Waals surface area contributed by atoms with E-state index in [2.05, 4.69) is 10.6 Å². The van der Waals surface area contributed by atoms with Crippen molar-refractivity contribution in [1.29, 1.82) is 0 Å². The van der Waals surface area contributed by atoms with Crippen molar-refractivity contribution in [2.24, 2.45) is 0 Å². The maximum atomic E-state index is 13.0. The summed E-state index contributed by atoms with van der Waals surface area (Å²) in [6, 6.07) is 9.83. The Hall–Kier alpha value is -1.86. The van der Waals surface area contributed by atoms with Crippen molar-refractivity contribution < 1.29 is 19.0 Å². The minimum Gasteiger partial charge on any atom is -0.493 e. The number of methoxy groups -OCH3 is 1. The molecule has 1 unspecified atom stereocenters. The number of benzene rings is 2. The van der Waals surface area contributed by atoms with Crippen LogP contribution >= 0.6 is 11.6 Å². The lowest BCUT2D eigenvalue weighted by Gasteiger charge is -2.15. The molecule has 0 saturated carbocycles. The lowest BCUT2D eigenvalue weighted by Crippen LogP contribution is -2.31. The zero-order valence-corrected chi connectivity index (χ0v) is 16.4. The van der Waals surface area contributed by atoms with Crippen LogP contribution in [0.2, 0.25) is 5.02 Å². The van der Waals surface area contributed by atoms with Crippen LogP contribution in [0.5, 0.6) is 11.5 Å². The molecule has 7 heteroatoms. The first-order chi connectivity index (χ1) is 13.0. The van der Waals surface area contributed by atoms with Gasteiger partial charge in [0.1, 0.15) is 12.4 Å². The van der Waals surface area contributed by atoms with E-state index in [0.717, 1.165) is 24.2 Å². The minimum absolute atomic E-state index is 0.267. The summed E-state index contributed by atoms with van der Waals surface area (Å²) in [5.41, 5.74) is 1.81. The van der Waals surface area contributed by atoms with Gasteiger partial charge in [0.2, 0.25) is 0 Å². The summed E-state index contributed by atoms with van der Waals surface area (Å²) in [4.78, 5) is 0. The maximum Gasteiger partial charge on any atom is 0.180 e. The third kappa shape index (κ3) is 7.34. The molecule has 0 heterocycles. The van der Waals surface area contributed by atoms with Gasteiger partial charge in [0.25, 0.3) is 0 Å². The van der Waals surface area contributed by atoms with Crippen LogP contribution in [0.25, 0.3) is 0 Å². The van der Waals surface area contributed by atoms with Crippen molar-refractivity contribution >= 4 is 11.6 Å². The zero-order valence-electron chi connectivity index (χ0n) is 15.6. The third-order valence-corrected chi connectivity index (χ3v) is 4.11. The second-order valence-corrected chi connectivity index (χ2v) is 6.66. The standard InChI is InChI=1S/C20H26ClFN2O3/c1-14(25)11-23-7-8-24-12-16-9-18(21)20(19(10-16)26-2)27-13-15-3-5-17(22)6-4-15/h3-6,9-10,14,23-25H,7-8,11-13H2,1-2H3. The van der Waals surface area contributed by atoms with Gasteiger partial charge in [-0.1, -0.05) is 23.7 Å². The summed E-state index contributed by atoms with van der Waals surface area (Å²) in [6.45, 7) is 4.73. The smallest absolute Gasteiger partial charge is 0.180 e. The molecule has 0 fully saturated rings. The van der Waals surface area contributed by atoms with Gasteiger partial charge in [-0.25, -0.2) is 4.39 Å². The van der Waals surface area contributed by atoms with Crippen LogP contribution in [-0.4, -0.2) is 38.0 Å². The zero-order chi connectivity index (χ0) is 19.6. The SMILES string of the molecule is COc1cc(CNCCNCC(C)O)cc(Cl)c1OCc1ccc(F)cc1. The van der Waals surface area contributed by atoms with Gasteiger partial charge in [-0.2, -0.15) is 0 Å². The van der Waals surface area contributed by atoms with E-state index in [0.29, 0.717) is 29.6 Å². The number of halogens is 2. The molecule has 0 radical (unpaired) electrons. The summed E-state index contributed by atoms with van der Waals surface area (Å²) in [5, 5.41) is 16.1. The molecule has 0 spiro atoms. The van der Waals surface area contributed by atoms with Crippen molar-refractivity contribution in [2.75, 3.05) is 26.7 Å². The Balaban J connectivity index is 1.90. The molecule has 27 heavy (non-hydrogen) atoms. The number of aliphatic hydroxyl groups excluding tert-OH is 1. The number of hydrogen-bond donors (Lipinski definition) is 3. The number of aliphatic hydroxyl groups is 1. The highest BCUT2D eigenvalue weighted by atomic mass is 35.5. The topological polar surface area (TPSA) is 62.8 Å². The van der Waals surface area contributed by atoms with E-state index < -0.39 is 0 Å². The first kappa shape index (κ1) is 21.4. The van der Waals surface area contributed by atoms with E-state index in [9.17, 15) is 9.50 Å². The van der Waals surface area contributed by atoms with Crippen molar-refractivity contribution in [2.45, 2.75) is 26.2 Å². The number of nitrogens with one attached hydrogen (secondary N) is 2. The molecule has 2 aromatic carbocycles. The molecule has 0 aliphatic carbocycles. The molecule has 1 atom stereocenters. The minimum atomic E-state index is -0.351. The summed E-state index contributed by atoms with van der Waals surface area (Å²) in [6.07, 6.45) is -0.351. The first-order valence-corrected chi connectivity index (χ1v) is 9.20. The summed E-state index contributed by atoms with van der Waals surface area (Å²) in [5.74, 6) is 0.728. The summed E-state index contributed by atoms with van der Waals surface area (Å²) in [7, 11) is 1.56. The molecule has 0 aliphatic rings. The van der Waals surface area contributed by atoms with E-state index in [1.165, 1.54) is 12.1 Å². The van der Waals surface area contributed by atoms with E-state index >= 15 is 0 Å². The molecule has 3 N–H and O–H groups in total. The predicted molar refractivity (Wildman–Crippen MR) is 105 cm³/mol.